The van der Waals surface area contributed by atoms with Crippen LogP contribution in [0.1, 0.15) is 17.3 Å². The Balaban J connectivity index is 1.73. The molecule has 1 N–H and O–H groups in total. The third-order valence-electron chi connectivity index (χ3n) is 4.28. The lowest BCUT2D eigenvalue weighted by Crippen LogP contribution is -2.40. The van der Waals surface area contributed by atoms with E-state index in [0.717, 1.165) is 5.69 Å². The SMILES string of the molecule is CN1OCC(S(=O)(=O)NCCc2ccccn2)C1c1ccc(F)c(Cl)c1. The molecule has 1 aromatic heterocycles. The van der Waals surface area contributed by atoms with Crippen molar-refractivity contribution in [1.82, 2.24) is 14.8 Å². The Morgan fingerprint density at radius 2 is 2.19 bits per heavy atom. The van der Waals surface area contributed by atoms with Crippen molar-refractivity contribution in [3.63, 3.8) is 0 Å². The third-order valence-corrected chi connectivity index (χ3v) is 6.37. The molecule has 1 fully saturated rings. The van der Waals surface area contributed by atoms with E-state index in [9.17, 15) is 12.8 Å². The highest BCUT2D eigenvalue weighted by Crippen LogP contribution is 2.34. The molecule has 3 rings (SSSR count). The molecule has 1 aromatic carbocycles. The Hall–Kier alpha value is -1.58. The summed E-state index contributed by atoms with van der Waals surface area (Å²) < 4.78 is 41.6. The van der Waals surface area contributed by atoms with E-state index in [-0.39, 0.29) is 18.2 Å². The average Bonchev–Trinajstić information content (AvgIpc) is 3.01. The van der Waals surface area contributed by atoms with Crippen LogP contribution in [0.3, 0.4) is 0 Å². The molecule has 1 aliphatic heterocycles. The molecule has 26 heavy (non-hydrogen) atoms. The van der Waals surface area contributed by atoms with Gasteiger partial charge in [-0.15, -0.1) is 0 Å². The zero-order valence-corrected chi connectivity index (χ0v) is 15.7. The number of nitrogens with zero attached hydrogens (tertiary/aromatic N) is 2. The molecule has 0 amide bonds. The second-order valence-electron chi connectivity index (χ2n) is 6.01. The Bertz CT molecular complexity index is 867. The molecule has 2 atom stereocenters. The Kier molecular flexibility index (Phi) is 5.89. The number of rotatable bonds is 6. The van der Waals surface area contributed by atoms with Crippen molar-refractivity contribution < 1.29 is 17.6 Å². The van der Waals surface area contributed by atoms with Gasteiger partial charge in [0.2, 0.25) is 10.0 Å². The number of hydrogen-bond acceptors (Lipinski definition) is 5. The number of benzene rings is 1. The van der Waals surface area contributed by atoms with E-state index in [1.54, 1.807) is 19.3 Å². The van der Waals surface area contributed by atoms with Crippen LogP contribution in [0.4, 0.5) is 4.39 Å². The van der Waals surface area contributed by atoms with Crippen molar-refractivity contribution in [1.29, 1.82) is 0 Å². The first-order valence-corrected chi connectivity index (χ1v) is 10.00. The smallest absolute Gasteiger partial charge is 0.218 e. The highest BCUT2D eigenvalue weighted by Gasteiger charge is 2.43. The monoisotopic (exact) mass is 399 g/mol. The predicted molar refractivity (Wildman–Crippen MR) is 96.5 cm³/mol. The number of hydrogen-bond donors (Lipinski definition) is 1. The standard InChI is InChI=1S/C17H19ClFN3O3S/c1-22-17(12-5-6-15(19)14(18)10-12)16(11-25-22)26(23,24)21-9-7-13-4-2-3-8-20-13/h2-6,8,10,16-17,21H,7,9,11H2,1H3. The number of nitrogens with one attached hydrogen (secondary N) is 1. The fourth-order valence-electron chi connectivity index (χ4n) is 2.95. The Labute approximate surface area is 156 Å². The number of hydroxylamine groups is 2. The molecule has 2 unspecified atom stereocenters. The van der Waals surface area contributed by atoms with Crippen LogP contribution in [-0.4, -0.2) is 43.9 Å². The maximum absolute atomic E-state index is 13.4. The first-order chi connectivity index (χ1) is 12.4. The second kappa shape index (κ2) is 7.98. The van der Waals surface area contributed by atoms with Gasteiger partial charge in [0.15, 0.2) is 0 Å². The molecule has 1 saturated heterocycles. The van der Waals surface area contributed by atoms with Gasteiger partial charge >= 0.3 is 0 Å². The van der Waals surface area contributed by atoms with E-state index in [2.05, 4.69) is 9.71 Å². The summed E-state index contributed by atoms with van der Waals surface area (Å²) in [4.78, 5) is 9.59. The zero-order valence-electron chi connectivity index (χ0n) is 14.1. The summed E-state index contributed by atoms with van der Waals surface area (Å²) in [5.74, 6) is -0.551. The molecule has 6 nitrogen and oxygen atoms in total. The fraction of sp³-hybridized carbons (Fsp3) is 0.353. The number of aromatic nitrogens is 1. The highest BCUT2D eigenvalue weighted by atomic mass is 35.5. The lowest BCUT2D eigenvalue weighted by Gasteiger charge is -2.23. The van der Waals surface area contributed by atoms with E-state index >= 15 is 0 Å². The lowest BCUT2D eigenvalue weighted by atomic mass is 10.0. The van der Waals surface area contributed by atoms with Crippen LogP contribution in [0.15, 0.2) is 42.6 Å². The van der Waals surface area contributed by atoms with Gasteiger partial charge in [0, 0.05) is 31.9 Å². The summed E-state index contributed by atoms with van der Waals surface area (Å²) in [5.41, 5.74) is 1.38. The summed E-state index contributed by atoms with van der Waals surface area (Å²) in [6, 6.07) is 9.09. The predicted octanol–water partition coefficient (Wildman–Crippen LogP) is 2.32. The van der Waals surface area contributed by atoms with Crippen LogP contribution in [0, 0.1) is 5.82 Å². The van der Waals surface area contributed by atoms with Gasteiger partial charge in [-0.1, -0.05) is 23.7 Å². The molecular formula is C17H19ClFN3O3S. The largest absolute Gasteiger partial charge is 0.297 e. The minimum atomic E-state index is -3.66. The number of pyridine rings is 1. The van der Waals surface area contributed by atoms with Crippen molar-refractivity contribution in [2.75, 3.05) is 20.2 Å². The van der Waals surface area contributed by atoms with Crippen molar-refractivity contribution in [2.45, 2.75) is 17.7 Å². The molecule has 0 radical (unpaired) electrons. The van der Waals surface area contributed by atoms with Crippen LogP contribution in [0.5, 0.6) is 0 Å². The van der Waals surface area contributed by atoms with Gasteiger partial charge in [-0.05, 0) is 29.8 Å². The van der Waals surface area contributed by atoms with Crippen LogP contribution >= 0.6 is 11.6 Å². The first-order valence-electron chi connectivity index (χ1n) is 8.07. The molecule has 1 aliphatic rings. The van der Waals surface area contributed by atoms with Crippen LogP contribution in [0.2, 0.25) is 5.02 Å². The maximum Gasteiger partial charge on any atom is 0.218 e. The van der Waals surface area contributed by atoms with Crippen molar-refractivity contribution >= 4 is 21.6 Å². The average molecular weight is 400 g/mol. The van der Waals surface area contributed by atoms with Gasteiger partial charge in [0.25, 0.3) is 0 Å². The van der Waals surface area contributed by atoms with Gasteiger partial charge in [-0.25, -0.2) is 17.5 Å². The van der Waals surface area contributed by atoms with E-state index in [1.807, 2.05) is 12.1 Å². The molecule has 140 valence electrons. The van der Waals surface area contributed by atoms with Crippen LogP contribution < -0.4 is 4.72 Å². The molecule has 0 spiro atoms. The van der Waals surface area contributed by atoms with Crippen LogP contribution in [-0.2, 0) is 21.3 Å². The van der Waals surface area contributed by atoms with Crippen molar-refractivity contribution in [3.05, 3.63) is 64.7 Å². The minimum Gasteiger partial charge on any atom is -0.297 e. The quantitative estimate of drug-likeness (QED) is 0.807. The van der Waals surface area contributed by atoms with Gasteiger partial charge < -0.3 is 0 Å². The van der Waals surface area contributed by atoms with Crippen LogP contribution in [0.25, 0.3) is 0 Å². The minimum absolute atomic E-state index is 0.00901. The van der Waals surface area contributed by atoms with E-state index in [4.69, 9.17) is 16.4 Å². The van der Waals surface area contributed by atoms with Gasteiger partial charge in [-0.2, -0.15) is 5.06 Å². The highest BCUT2D eigenvalue weighted by molar-refractivity contribution is 7.90. The molecule has 0 bridgehead atoms. The van der Waals surface area contributed by atoms with Crippen molar-refractivity contribution in [3.8, 4) is 0 Å². The molecule has 0 aliphatic carbocycles. The van der Waals surface area contributed by atoms with E-state index < -0.39 is 27.1 Å². The van der Waals surface area contributed by atoms with Crippen molar-refractivity contribution in [2.24, 2.45) is 0 Å². The molecule has 9 heteroatoms. The maximum atomic E-state index is 13.4. The molecule has 2 aromatic rings. The van der Waals surface area contributed by atoms with E-state index in [0.29, 0.717) is 12.0 Å². The zero-order chi connectivity index (χ0) is 18.7. The summed E-state index contributed by atoms with van der Waals surface area (Å²) >= 11 is 5.85. The summed E-state index contributed by atoms with van der Waals surface area (Å²) in [5, 5.41) is 0.575. The van der Waals surface area contributed by atoms with E-state index in [1.165, 1.54) is 23.3 Å². The summed E-state index contributed by atoms with van der Waals surface area (Å²) in [6.07, 6.45) is 2.15. The van der Waals surface area contributed by atoms with Gasteiger partial charge in [0.05, 0.1) is 17.7 Å². The fourth-order valence-corrected chi connectivity index (χ4v) is 4.65. The topological polar surface area (TPSA) is 71.5 Å². The number of sulfonamides is 1. The lowest BCUT2D eigenvalue weighted by molar-refractivity contribution is -0.110. The second-order valence-corrected chi connectivity index (χ2v) is 8.40. The Morgan fingerprint density at radius 3 is 2.88 bits per heavy atom. The normalized spacial score (nSPS) is 21.2. The third kappa shape index (κ3) is 4.21. The molecular weight excluding hydrogens is 381 g/mol. The van der Waals surface area contributed by atoms with Gasteiger partial charge in [0.1, 0.15) is 11.1 Å². The first kappa shape index (κ1) is 19.2. The molecule has 0 saturated carbocycles. The summed E-state index contributed by atoms with van der Waals surface area (Å²) in [6.45, 7) is 0.242. The van der Waals surface area contributed by atoms with Gasteiger partial charge in [-0.3, -0.25) is 9.82 Å². The number of halogens is 2. The Morgan fingerprint density at radius 1 is 1.38 bits per heavy atom. The summed E-state index contributed by atoms with van der Waals surface area (Å²) in [7, 11) is -2.02. The molecule has 2 heterocycles.